The van der Waals surface area contributed by atoms with Crippen LogP contribution >= 0.6 is 0 Å². The fourth-order valence-electron chi connectivity index (χ4n) is 4.09. The van der Waals surface area contributed by atoms with E-state index >= 15 is 0 Å². The highest BCUT2D eigenvalue weighted by molar-refractivity contribution is 5.77. The Kier molecular flexibility index (Phi) is 5.00. The molecule has 0 fully saturated rings. The quantitative estimate of drug-likeness (QED) is 0.463. The van der Waals surface area contributed by atoms with E-state index in [0.717, 1.165) is 17.7 Å². The van der Waals surface area contributed by atoms with Gasteiger partial charge in [0.25, 0.3) is 5.69 Å². The number of benzene rings is 1. The second kappa shape index (κ2) is 7.07. The van der Waals surface area contributed by atoms with E-state index in [9.17, 15) is 14.9 Å². The number of methoxy groups -OCH3 is 1. The maximum Gasteiger partial charge on any atom is 0.269 e. The molecule has 2 N–H and O–H groups in total. The van der Waals surface area contributed by atoms with E-state index in [1.807, 2.05) is 0 Å². The number of non-ortho nitro benzene ring substituents is 1. The number of nitro groups is 1. The van der Waals surface area contributed by atoms with E-state index in [4.69, 9.17) is 4.74 Å². The van der Waals surface area contributed by atoms with Gasteiger partial charge in [-0.3, -0.25) is 14.9 Å². The fraction of sp³-hybridized carbons (Fsp3) is 0.526. The summed E-state index contributed by atoms with van der Waals surface area (Å²) in [5.74, 6) is 0.331. The Bertz CT molecular complexity index is 744. The van der Waals surface area contributed by atoms with Gasteiger partial charge in [-0.05, 0) is 24.0 Å². The Labute approximate surface area is 153 Å². The summed E-state index contributed by atoms with van der Waals surface area (Å²) in [5, 5.41) is 17.6. The third-order valence-electron chi connectivity index (χ3n) is 5.42. The molecule has 3 unspecified atom stereocenters. The molecule has 0 bridgehead atoms. The van der Waals surface area contributed by atoms with Crippen molar-refractivity contribution in [3.8, 4) is 0 Å². The van der Waals surface area contributed by atoms with Crippen LogP contribution in [0.2, 0.25) is 0 Å². The van der Waals surface area contributed by atoms with Gasteiger partial charge in [0.2, 0.25) is 5.91 Å². The number of hydrogen-bond acceptors (Lipinski definition) is 5. The molecule has 1 aromatic rings. The van der Waals surface area contributed by atoms with Crippen LogP contribution in [-0.2, 0) is 9.53 Å². The number of anilines is 1. The second-order valence-electron chi connectivity index (χ2n) is 7.70. The molecule has 3 rings (SSSR count). The van der Waals surface area contributed by atoms with Crippen LogP contribution in [0.5, 0.6) is 0 Å². The summed E-state index contributed by atoms with van der Waals surface area (Å²) in [6, 6.07) is 5.15. The van der Waals surface area contributed by atoms with Crippen molar-refractivity contribution >= 4 is 17.3 Å². The minimum Gasteiger partial charge on any atom is -0.381 e. The van der Waals surface area contributed by atoms with Gasteiger partial charge in [0.15, 0.2) is 0 Å². The van der Waals surface area contributed by atoms with Crippen molar-refractivity contribution in [1.29, 1.82) is 0 Å². The molecule has 26 heavy (non-hydrogen) atoms. The van der Waals surface area contributed by atoms with Gasteiger partial charge in [0.05, 0.1) is 4.92 Å². The van der Waals surface area contributed by atoms with Gasteiger partial charge in [0.1, 0.15) is 6.61 Å². The molecule has 1 heterocycles. The summed E-state index contributed by atoms with van der Waals surface area (Å²) in [7, 11) is 1.50. The third-order valence-corrected chi connectivity index (χ3v) is 5.42. The number of nitro benzene ring substituents is 1. The van der Waals surface area contributed by atoms with Crippen molar-refractivity contribution in [2.45, 2.75) is 32.2 Å². The first-order valence-corrected chi connectivity index (χ1v) is 8.80. The van der Waals surface area contributed by atoms with Crippen molar-refractivity contribution in [2.24, 2.45) is 11.3 Å². The maximum absolute atomic E-state index is 11.8. The minimum absolute atomic E-state index is 0.0499. The molecular formula is C19H25N3O4. The van der Waals surface area contributed by atoms with Crippen molar-refractivity contribution in [3.63, 3.8) is 0 Å². The molecule has 7 heteroatoms. The van der Waals surface area contributed by atoms with E-state index < -0.39 is 0 Å². The number of carbonyl (C=O) groups is 1. The highest BCUT2D eigenvalue weighted by atomic mass is 16.6. The number of nitrogens with one attached hydrogen (secondary N) is 2. The lowest BCUT2D eigenvalue weighted by molar-refractivity contribution is -0.384. The zero-order valence-electron chi connectivity index (χ0n) is 15.3. The number of fused-ring (bicyclic) bond motifs is 3. The lowest BCUT2D eigenvalue weighted by Crippen LogP contribution is -2.51. The van der Waals surface area contributed by atoms with E-state index in [0.29, 0.717) is 12.5 Å². The minimum atomic E-state index is -0.352. The Balaban J connectivity index is 1.84. The summed E-state index contributed by atoms with van der Waals surface area (Å²) in [6.45, 7) is 4.83. The molecule has 0 spiro atoms. The van der Waals surface area contributed by atoms with Gasteiger partial charge in [0, 0.05) is 48.8 Å². The number of ether oxygens (including phenoxy) is 1. The summed E-state index contributed by atoms with van der Waals surface area (Å²) >= 11 is 0. The van der Waals surface area contributed by atoms with Gasteiger partial charge in [-0.15, -0.1) is 0 Å². The smallest absolute Gasteiger partial charge is 0.269 e. The first-order chi connectivity index (χ1) is 12.3. The van der Waals surface area contributed by atoms with Crippen LogP contribution in [0.25, 0.3) is 0 Å². The monoisotopic (exact) mass is 359 g/mol. The lowest BCUT2D eigenvalue weighted by Gasteiger charge is -2.45. The van der Waals surface area contributed by atoms with Gasteiger partial charge in [-0.2, -0.15) is 0 Å². The normalized spacial score (nSPS) is 23.7. The topological polar surface area (TPSA) is 93.5 Å². The third kappa shape index (κ3) is 3.44. The molecule has 1 aromatic carbocycles. The zero-order chi connectivity index (χ0) is 18.9. The van der Waals surface area contributed by atoms with Crippen LogP contribution in [0.4, 0.5) is 11.4 Å². The summed E-state index contributed by atoms with van der Waals surface area (Å²) in [6.07, 6.45) is 5.22. The predicted molar refractivity (Wildman–Crippen MR) is 99.2 cm³/mol. The molecule has 2 aliphatic rings. The van der Waals surface area contributed by atoms with Crippen LogP contribution in [0.3, 0.4) is 0 Å². The predicted octanol–water partition coefficient (Wildman–Crippen LogP) is 2.84. The highest BCUT2D eigenvalue weighted by Gasteiger charge is 2.44. The Morgan fingerprint density at radius 3 is 2.92 bits per heavy atom. The van der Waals surface area contributed by atoms with Gasteiger partial charge >= 0.3 is 0 Å². The molecule has 0 saturated heterocycles. The molecule has 140 valence electrons. The number of nitrogens with zero attached hydrogens (tertiary/aromatic N) is 1. The molecular weight excluding hydrogens is 334 g/mol. The van der Waals surface area contributed by atoms with Crippen molar-refractivity contribution in [1.82, 2.24) is 5.32 Å². The van der Waals surface area contributed by atoms with E-state index in [-0.39, 0.29) is 40.5 Å². The second-order valence-corrected chi connectivity index (χ2v) is 7.70. The maximum atomic E-state index is 11.8. The van der Waals surface area contributed by atoms with Crippen LogP contribution < -0.4 is 10.6 Å². The fourth-order valence-corrected chi connectivity index (χ4v) is 4.09. The van der Waals surface area contributed by atoms with E-state index in [1.54, 1.807) is 12.1 Å². The summed E-state index contributed by atoms with van der Waals surface area (Å²) in [5.41, 5.74) is 1.84. The number of rotatable bonds is 6. The first kappa shape index (κ1) is 18.4. The van der Waals surface area contributed by atoms with Crippen LogP contribution in [-0.4, -0.2) is 37.1 Å². The number of carbonyl (C=O) groups excluding carboxylic acids is 1. The van der Waals surface area contributed by atoms with Crippen LogP contribution in [0, 0.1) is 21.4 Å². The van der Waals surface area contributed by atoms with Crippen LogP contribution in [0.15, 0.2) is 30.4 Å². The Morgan fingerprint density at radius 1 is 1.46 bits per heavy atom. The van der Waals surface area contributed by atoms with Gasteiger partial charge in [-0.25, -0.2) is 0 Å². The van der Waals surface area contributed by atoms with Gasteiger partial charge in [-0.1, -0.05) is 26.0 Å². The summed E-state index contributed by atoms with van der Waals surface area (Å²) < 4.78 is 4.87. The first-order valence-electron chi connectivity index (χ1n) is 8.80. The standard InChI is InChI=1S/C19H25N3O4/c1-19(2,11-20-17(23)10-26-3)18-14-6-4-5-13(14)15-9-12(22(24)25)7-8-16(15)21-18/h4-5,7-9,13-14,18,21H,6,10-11H2,1-3H3,(H,20,23). The SMILES string of the molecule is COCC(=O)NCC(C)(C)C1Nc2ccc([N+](=O)[O-])cc2C2C=CCC21. The largest absolute Gasteiger partial charge is 0.381 e. The zero-order valence-corrected chi connectivity index (χ0v) is 15.3. The van der Waals surface area contributed by atoms with Crippen molar-refractivity contribution in [2.75, 3.05) is 25.6 Å². The van der Waals surface area contributed by atoms with E-state index in [2.05, 4.69) is 36.6 Å². The average molecular weight is 359 g/mol. The molecule has 1 amide bonds. The molecule has 0 radical (unpaired) electrons. The lowest BCUT2D eigenvalue weighted by atomic mass is 9.69. The molecule has 3 atom stereocenters. The number of amides is 1. The number of hydrogen-bond donors (Lipinski definition) is 2. The Hall–Kier alpha value is -2.41. The summed E-state index contributed by atoms with van der Waals surface area (Å²) in [4.78, 5) is 22.5. The molecule has 7 nitrogen and oxygen atoms in total. The van der Waals surface area contributed by atoms with Crippen molar-refractivity contribution in [3.05, 3.63) is 46.0 Å². The van der Waals surface area contributed by atoms with E-state index in [1.165, 1.54) is 13.2 Å². The average Bonchev–Trinajstić information content (AvgIpc) is 3.09. The highest BCUT2D eigenvalue weighted by Crippen LogP contribution is 2.49. The molecule has 1 aliphatic carbocycles. The van der Waals surface area contributed by atoms with Gasteiger partial charge < -0.3 is 15.4 Å². The van der Waals surface area contributed by atoms with Crippen molar-refractivity contribution < 1.29 is 14.5 Å². The molecule has 0 saturated carbocycles. The molecule has 1 aliphatic heterocycles. The van der Waals surface area contributed by atoms with Crippen LogP contribution in [0.1, 0.15) is 31.7 Å². The number of allylic oxidation sites excluding steroid dienone is 2. The Morgan fingerprint density at radius 2 is 2.23 bits per heavy atom. The molecule has 0 aromatic heterocycles.